The third-order valence-corrected chi connectivity index (χ3v) is 4.50. The first-order chi connectivity index (χ1) is 8.33. The van der Waals surface area contributed by atoms with Crippen LogP contribution >= 0.6 is 0 Å². The molecule has 0 amide bonds. The molecule has 1 aromatic carbocycles. The minimum Gasteiger partial charge on any atom is -0.294 e. The predicted molar refractivity (Wildman–Crippen MR) is 76.1 cm³/mol. The van der Waals surface area contributed by atoms with Crippen molar-refractivity contribution in [3.8, 4) is 0 Å². The molecule has 0 heterocycles. The van der Waals surface area contributed by atoms with E-state index in [0.29, 0.717) is 5.78 Å². The van der Waals surface area contributed by atoms with Crippen molar-refractivity contribution in [1.29, 1.82) is 0 Å². The van der Waals surface area contributed by atoms with Crippen LogP contribution in [0, 0.1) is 32.1 Å². The van der Waals surface area contributed by atoms with E-state index in [4.69, 9.17) is 0 Å². The predicted octanol–water partition coefficient (Wildman–Crippen LogP) is 4.62. The summed E-state index contributed by atoms with van der Waals surface area (Å²) >= 11 is 0. The maximum Gasteiger partial charge on any atom is 0.167 e. The molecule has 0 saturated heterocycles. The molecule has 0 aliphatic heterocycles. The normalized spacial score (nSPS) is 22.2. The summed E-state index contributed by atoms with van der Waals surface area (Å²) in [4.78, 5) is 12.8. The minimum atomic E-state index is 0.168. The van der Waals surface area contributed by atoms with Crippen LogP contribution in [0.1, 0.15) is 60.2 Å². The van der Waals surface area contributed by atoms with E-state index in [1.807, 2.05) is 0 Å². The highest BCUT2D eigenvalue weighted by Crippen LogP contribution is 2.44. The van der Waals surface area contributed by atoms with Gasteiger partial charge in [-0.2, -0.15) is 0 Å². The Kier molecular flexibility index (Phi) is 3.35. The van der Waals surface area contributed by atoms with Crippen molar-refractivity contribution in [3.05, 3.63) is 34.4 Å². The largest absolute Gasteiger partial charge is 0.294 e. The van der Waals surface area contributed by atoms with Crippen molar-refractivity contribution in [2.45, 2.75) is 53.9 Å². The van der Waals surface area contributed by atoms with E-state index < -0.39 is 0 Å². The first kappa shape index (κ1) is 13.3. The molecule has 1 unspecified atom stereocenters. The molecule has 0 radical (unpaired) electrons. The number of carbonyl (C=O) groups is 1. The summed E-state index contributed by atoms with van der Waals surface area (Å²) in [5, 5.41) is 0. The van der Waals surface area contributed by atoms with Gasteiger partial charge in [-0.25, -0.2) is 0 Å². The van der Waals surface area contributed by atoms with Crippen LogP contribution in [0.2, 0.25) is 0 Å². The van der Waals surface area contributed by atoms with E-state index in [-0.39, 0.29) is 11.3 Å². The molecule has 1 aromatic rings. The SMILES string of the molecule is Cc1cc(C)c(C(=O)C2CCCC2(C)C)c(C)c1. The van der Waals surface area contributed by atoms with Gasteiger partial charge in [0.2, 0.25) is 0 Å². The quantitative estimate of drug-likeness (QED) is 0.694. The van der Waals surface area contributed by atoms with Gasteiger partial charge in [0.25, 0.3) is 0 Å². The van der Waals surface area contributed by atoms with Crippen LogP contribution in [-0.2, 0) is 0 Å². The van der Waals surface area contributed by atoms with E-state index in [0.717, 1.165) is 23.1 Å². The van der Waals surface area contributed by atoms with Crippen LogP contribution in [0.5, 0.6) is 0 Å². The average molecular weight is 244 g/mol. The van der Waals surface area contributed by atoms with Crippen molar-refractivity contribution in [2.24, 2.45) is 11.3 Å². The number of carbonyl (C=O) groups excluding carboxylic acids is 1. The van der Waals surface area contributed by atoms with Gasteiger partial charge >= 0.3 is 0 Å². The summed E-state index contributed by atoms with van der Waals surface area (Å²) < 4.78 is 0. The van der Waals surface area contributed by atoms with Crippen LogP contribution < -0.4 is 0 Å². The Bertz CT molecular complexity index is 459. The summed E-state index contributed by atoms with van der Waals surface area (Å²) in [6.45, 7) is 10.7. The van der Waals surface area contributed by atoms with Crippen LogP contribution in [0.3, 0.4) is 0 Å². The number of benzene rings is 1. The van der Waals surface area contributed by atoms with Gasteiger partial charge in [0.15, 0.2) is 5.78 Å². The summed E-state index contributed by atoms with van der Waals surface area (Å²) in [5.41, 5.74) is 4.66. The number of Topliss-reactive ketones (excluding diaryl/α,β-unsaturated/α-hetero) is 1. The van der Waals surface area contributed by atoms with Crippen molar-refractivity contribution in [3.63, 3.8) is 0 Å². The summed E-state index contributed by atoms with van der Waals surface area (Å²) in [7, 11) is 0. The van der Waals surface area contributed by atoms with Crippen LogP contribution in [-0.4, -0.2) is 5.78 Å². The second kappa shape index (κ2) is 4.53. The number of hydrogen-bond acceptors (Lipinski definition) is 1. The average Bonchev–Trinajstić information content (AvgIpc) is 2.56. The van der Waals surface area contributed by atoms with Crippen molar-refractivity contribution < 1.29 is 4.79 Å². The zero-order valence-corrected chi connectivity index (χ0v) is 12.3. The fraction of sp³-hybridized carbons (Fsp3) is 0.588. The second-order valence-corrected chi connectivity index (χ2v) is 6.57. The molecule has 0 spiro atoms. The number of rotatable bonds is 2. The Hall–Kier alpha value is -1.11. The standard InChI is InChI=1S/C17H24O/c1-11-9-12(2)15(13(3)10-11)16(18)14-7-6-8-17(14,4)5/h9-10,14H,6-8H2,1-5H3. The molecule has 0 N–H and O–H groups in total. The number of aryl methyl sites for hydroxylation is 3. The van der Waals surface area contributed by atoms with Gasteiger partial charge in [0.1, 0.15) is 0 Å². The molecular weight excluding hydrogens is 220 g/mol. The molecule has 1 atom stereocenters. The third kappa shape index (κ3) is 2.23. The van der Waals surface area contributed by atoms with Crippen molar-refractivity contribution >= 4 is 5.78 Å². The lowest BCUT2D eigenvalue weighted by atomic mass is 9.76. The van der Waals surface area contributed by atoms with E-state index in [2.05, 4.69) is 46.8 Å². The molecule has 2 rings (SSSR count). The third-order valence-electron chi connectivity index (χ3n) is 4.50. The Morgan fingerprint density at radius 3 is 2.17 bits per heavy atom. The summed E-state index contributed by atoms with van der Waals surface area (Å²) in [5.74, 6) is 0.574. The Morgan fingerprint density at radius 1 is 1.17 bits per heavy atom. The Balaban J connectivity index is 2.41. The lowest BCUT2D eigenvalue weighted by Gasteiger charge is -2.27. The van der Waals surface area contributed by atoms with Gasteiger partial charge in [-0.15, -0.1) is 0 Å². The molecule has 1 fully saturated rings. The molecule has 0 aromatic heterocycles. The fourth-order valence-electron chi connectivity index (χ4n) is 3.56. The first-order valence-electron chi connectivity index (χ1n) is 6.95. The lowest BCUT2D eigenvalue weighted by Crippen LogP contribution is -2.27. The number of ketones is 1. The van der Waals surface area contributed by atoms with Crippen LogP contribution in [0.25, 0.3) is 0 Å². The zero-order chi connectivity index (χ0) is 13.5. The summed E-state index contributed by atoms with van der Waals surface area (Å²) in [6, 6.07) is 4.25. The topological polar surface area (TPSA) is 17.1 Å². The Labute approximate surface area is 111 Å². The van der Waals surface area contributed by atoms with Crippen molar-refractivity contribution in [1.82, 2.24) is 0 Å². The van der Waals surface area contributed by atoms with E-state index in [1.165, 1.54) is 18.4 Å². The van der Waals surface area contributed by atoms with Gasteiger partial charge in [0.05, 0.1) is 0 Å². The fourth-order valence-corrected chi connectivity index (χ4v) is 3.56. The molecule has 1 saturated carbocycles. The van der Waals surface area contributed by atoms with Gasteiger partial charge in [-0.3, -0.25) is 4.79 Å². The highest BCUT2D eigenvalue weighted by molar-refractivity contribution is 6.01. The summed E-state index contributed by atoms with van der Waals surface area (Å²) in [6.07, 6.45) is 3.42. The second-order valence-electron chi connectivity index (χ2n) is 6.57. The first-order valence-corrected chi connectivity index (χ1v) is 6.95. The maximum absolute atomic E-state index is 12.8. The van der Waals surface area contributed by atoms with Gasteiger partial charge in [-0.1, -0.05) is 38.0 Å². The van der Waals surface area contributed by atoms with E-state index >= 15 is 0 Å². The minimum absolute atomic E-state index is 0.168. The van der Waals surface area contributed by atoms with Crippen LogP contribution in [0.4, 0.5) is 0 Å². The number of hydrogen-bond donors (Lipinski definition) is 0. The van der Waals surface area contributed by atoms with Crippen molar-refractivity contribution in [2.75, 3.05) is 0 Å². The van der Waals surface area contributed by atoms with Gasteiger partial charge < -0.3 is 0 Å². The maximum atomic E-state index is 12.8. The molecule has 0 bridgehead atoms. The highest BCUT2D eigenvalue weighted by Gasteiger charge is 2.40. The van der Waals surface area contributed by atoms with Gasteiger partial charge in [0, 0.05) is 11.5 Å². The molecule has 1 nitrogen and oxygen atoms in total. The molecule has 1 aliphatic carbocycles. The molecular formula is C17H24O. The molecule has 98 valence electrons. The molecule has 1 heteroatoms. The molecule has 1 aliphatic rings. The lowest BCUT2D eigenvalue weighted by molar-refractivity contribution is 0.0838. The van der Waals surface area contributed by atoms with Gasteiger partial charge in [-0.05, 0) is 50.2 Å². The van der Waals surface area contributed by atoms with Crippen LogP contribution in [0.15, 0.2) is 12.1 Å². The highest BCUT2D eigenvalue weighted by atomic mass is 16.1. The monoisotopic (exact) mass is 244 g/mol. The Morgan fingerprint density at radius 2 is 1.72 bits per heavy atom. The van der Waals surface area contributed by atoms with E-state index in [1.54, 1.807) is 0 Å². The zero-order valence-electron chi connectivity index (χ0n) is 12.3. The molecule has 18 heavy (non-hydrogen) atoms. The smallest absolute Gasteiger partial charge is 0.167 e. The van der Waals surface area contributed by atoms with E-state index in [9.17, 15) is 4.79 Å².